The fourth-order valence-electron chi connectivity index (χ4n) is 2.24. The predicted molar refractivity (Wildman–Crippen MR) is 78.4 cm³/mol. The van der Waals surface area contributed by atoms with E-state index in [1.54, 1.807) is 31.5 Å². The first-order chi connectivity index (χ1) is 10.1. The number of aromatic nitrogens is 1. The van der Waals surface area contributed by atoms with Gasteiger partial charge in [0.1, 0.15) is 11.6 Å². The van der Waals surface area contributed by atoms with Crippen molar-refractivity contribution in [2.75, 3.05) is 6.61 Å². The molecule has 1 heterocycles. The Bertz CT molecular complexity index is 598. The van der Waals surface area contributed by atoms with E-state index in [-0.39, 0.29) is 18.2 Å². The molecule has 21 heavy (non-hydrogen) atoms. The first-order valence-corrected chi connectivity index (χ1v) is 6.85. The van der Waals surface area contributed by atoms with Crippen LogP contribution in [0.15, 0.2) is 48.8 Å². The summed E-state index contributed by atoms with van der Waals surface area (Å²) in [6.07, 6.45) is 4.28. The first kappa shape index (κ1) is 15.3. The van der Waals surface area contributed by atoms with Gasteiger partial charge in [-0.1, -0.05) is 18.2 Å². The average Bonchev–Trinajstić information content (AvgIpc) is 2.53. The van der Waals surface area contributed by atoms with E-state index < -0.39 is 5.41 Å². The molecule has 3 nitrogen and oxygen atoms in total. The highest BCUT2D eigenvalue weighted by Crippen LogP contribution is 2.26. The summed E-state index contributed by atoms with van der Waals surface area (Å²) in [4.78, 5) is 16.5. The van der Waals surface area contributed by atoms with Gasteiger partial charge < -0.3 is 5.11 Å². The van der Waals surface area contributed by atoms with Gasteiger partial charge in [-0.25, -0.2) is 4.39 Å². The monoisotopic (exact) mass is 287 g/mol. The quantitative estimate of drug-likeness (QED) is 0.888. The van der Waals surface area contributed by atoms with Crippen LogP contribution in [-0.4, -0.2) is 22.5 Å². The number of carbonyl (C=O) groups excluding carboxylic acids is 1. The zero-order valence-corrected chi connectivity index (χ0v) is 11.9. The van der Waals surface area contributed by atoms with Crippen molar-refractivity contribution in [2.24, 2.45) is 0 Å². The number of hydrogen-bond donors (Lipinski definition) is 1. The molecule has 0 saturated heterocycles. The summed E-state index contributed by atoms with van der Waals surface area (Å²) in [5.74, 6) is -0.428. The lowest BCUT2D eigenvalue weighted by Crippen LogP contribution is -2.36. The van der Waals surface area contributed by atoms with Crippen LogP contribution in [0.1, 0.15) is 24.5 Å². The van der Waals surface area contributed by atoms with E-state index in [2.05, 4.69) is 4.98 Å². The number of aliphatic hydroxyl groups is 1. The Morgan fingerprint density at radius 1 is 1.29 bits per heavy atom. The van der Waals surface area contributed by atoms with Crippen molar-refractivity contribution in [2.45, 2.75) is 25.2 Å². The lowest BCUT2D eigenvalue weighted by molar-refractivity contribution is -0.125. The van der Waals surface area contributed by atoms with Crippen LogP contribution >= 0.6 is 0 Å². The maximum atomic E-state index is 13.0. The summed E-state index contributed by atoms with van der Waals surface area (Å²) in [5.41, 5.74) is 0.600. The van der Waals surface area contributed by atoms with E-state index in [1.807, 2.05) is 12.1 Å². The van der Waals surface area contributed by atoms with Crippen LogP contribution in [0.3, 0.4) is 0 Å². The number of benzene rings is 1. The summed E-state index contributed by atoms with van der Waals surface area (Å²) in [6, 6.07) is 9.44. The molecule has 110 valence electrons. The molecular formula is C17H18FNO2. The molecule has 0 saturated carbocycles. The second-order valence-electron chi connectivity index (χ2n) is 5.28. The van der Waals surface area contributed by atoms with Crippen LogP contribution in [0.5, 0.6) is 0 Å². The van der Waals surface area contributed by atoms with Crippen molar-refractivity contribution in [1.82, 2.24) is 4.98 Å². The van der Waals surface area contributed by atoms with Gasteiger partial charge in [-0.2, -0.15) is 0 Å². The maximum absolute atomic E-state index is 13.0. The molecule has 1 aromatic heterocycles. The minimum absolute atomic E-state index is 0.0690. The molecule has 0 bridgehead atoms. The molecule has 1 aromatic carbocycles. The molecule has 0 aliphatic carbocycles. The second-order valence-corrected chi connectivity index (χ2v) is 5.28. The van der Waals surface area contributed by atoms with Crippen LogP contribution in [0.25, 0.3) is 0 Å². The average molecular weight is 287 g/mol. The van der Waals surface area contributed by atoms with Gasteiger partial charge in [0, 0.05) is 18.8 Å². The zero-order chi connectivity index (χ0) is 15.3. The minimum atomic E-state index is -1.00. The molecular weight excluding hydrogens is 269 g/mol. The normalized spacial score (nSPS) is 13.7. The van der Waals surface area contributed by atoms with Crippen molar-refractivity contribution in [3.63, 3.8) is 0 Å². The van der Waals surface area contributed by atoms with E-state index in [9.17, 15) is 14.3 Å². The van der Waals surface area contributed by atoms with E-state index in [0.717, 1.165) is 5.56 Å². The SMILES string of the molecule is C[C@@](CO)(C(=O)CCc1cccnc1)c1ccc(F)cc1. The number of nitrogens with zero attached hydrogens (tertiary/aromatic N) is 1. The zero-order valence-electron chi connectivity index (χ0n) is 11.9. The molecule has 0 fully saturated rings. The van der Waals surface area contributed by atoms with Gasteiger partial charge in [-0.05, 0) is 42.7 Å². The van der Waals surface area contributed by atoms with Crippen molar-refractivity contribution < 1.29 is 14.3 Å². The molecule has 0 spiro atoms. The van der Waals surface area contributed by atoms with Gasteiger partial charge >= 0.3 is 0 Å². The summed E-state index contributed by atoms with van der Waals surface area (Å²) in [5, 5.41) is 9.65. The molecule has 0 aliphatic heterocycles. The van der Waals surface area contributed by atoms with E-state index >= 15 is 0 Å². The Kier molecular flexibility index (Phi) is 4.81. The third-order valence-corrected chi connectivity index (χ3v) is 3.78. The van der Waals surface area contributed by atoms with Crippen LogP contribution in [0, 0.1) is 5.82 Å². The Morgan fingerprint density at radius 3 is 2.57 bits per heavy atom. The van der Waals surface area contributed by atoms with Crippen LogP contribution in [0.4, 0.5) is 4.39 Å². The number of halogens is 1. The molecule has 0 unspecified atom stereocenters. The van der Waals surface area contributed by atoms with E-state index in [4.69, 9.17) is 0 Å². The van der Waals surface area contributed by atoms with Crippen molar-refractivity contribution in [1.29, 1.82) is 0 Å². The highest BCUT2D eigenvalue weighted by atomic mass is 19.1. The smallest absolute Gasteiger partial charge is 0.145 e. The van der Waals surface area contributed by atoms with Crippen molar-refractivity contribution >= 4 is 5.78 Å². The molecule has 4 heteroatoms. The first-order valence-electron chi connectivity index (χ1n) is 6.85. The molecule has 2 aromatic rings. The molecule has 0 aliphatic rings. The number of Topliss-reactive ketones (excluding diaryl/α,β-unsaturated/α-hetero) is 1. The van der Waals surface area contributed by atoms with Crippen LogP contribution in [0.2, 0.25) is 0 Å². The Labute approximate surface area is 123 Å². The molecule has 1 atom stereocenters. The third-order valence-electron chi connectivity index (χ3n) is 3.78. The highest BCUT2D eigenvalue weighted by molar-refractivity contribution is 5.90. The summed E-state index contributed by atoms with van der Waals surface area (Å²) >= 11 is 0. The summed E-state index contributed by atoms with van der Waals surface area (Å²) < 4.78 is 13.0. The largest absolute Gasteiger partial charge is 0.395 e. The van der Waals surface area contributed by atoms with Crippen LogP contribution in [-0.2, 0) is 16.6 Å². The predicted octanol–water partition coefficient (Wildman–Crippen LogP) is 2.67. The third kappa shape index (κ3) is 3.52. The summed E-state index contributed by atoms with van der Waals surface area (Å²) in [7, 11) is 0. The number of pyridine rings is 1. The van der Waals surface area contributed by atoms with Crippen molar-refractivity contribution in [3.05, 3.63) is 65.7 Å². The van der Waals surface area contributed by atoms with Crippen molar-refractivity contribution in [3.8, 4) is 0 Å². The van der Waals surface area contributed by atoms with E-state index in [0.29, 0.717) is 18.4 Å². The van der Waals surface area contributed by atoms with Crippen LogP contribution < -0.4 is 0 Å². The standard InChI is InChI=1S/C17H18FNO2/c1-17(12-20,14-5-7-15(18)8-6-14)16(21)9-4-13-3-2-10-19-11-13/h2-3,5-8,10-11,20H,4,9,12H2,1H3/t17-/m0/s1. The topological polar surface area (TPSA) is 50.2 Å². The number of aryl methyl sites for hydroxylation is 1. The van der Waals surface area contributed by atoms with E-state index in [1.165, 1.54) is 12.1 Å². The maximum Gasteiger partial charge on any atom is 0.145 e. The number of aliphatic hydroxyl groups excluding tert-OH is 1. The lowest BCUT2D eigenvalue weighted by atomic mass is 9.77. The van der Waals surface area contributed by atoms with Gasteiger partial charge in [-0.15, -0.1) is 0 Å². The highest BCUT2D eigenvalue weighted by Gasteiger charge is 2.33. The molecule has 2 rings (SSSR count). The number of hydrogen-bond acceptors (Lipinski definition) is 3. The summed E-state index contributed by atoms with van der Waals surface area (Å²) in [6.45, 7) is 1.39. The molecule has 0 radical (unpaired) electrons. The van der Waals surface area contributed by atoms with Gasteiger partial charge in [0.15, 0.2) is 0 Å². The Morgan fingerprint density at radius 2 is 2.00 bits per heavy atom. The lowest BCUT2D eigenvalue weighted by Gasteiger charge is -2.26. The number of carbonyl (C=O) groups is 1. The molecule has 1 N–H and O–H groups in total. The fourth-order valence-corrected chi connectivity index (χ4v) is 2.24. The fraction of sp³-hybridized carbons (Fsp3) is 0.294. The number of ketones is 1. The Balaban J connectivity index is 2.12. The van der Waals surface area contributed by atoms with Gasteiger partial charge in [0.2, 0.25) is 0 Å². The van der Waals surface area contributed by atoms with Gasteiger partial charge in [0.25, 0.3) is 0 Å². The second kappa shape index (κ2) is 6.59. The Hall–Kier alpha value is -2.07. The minimum Gasteiger partial charge on any atom is -0.395 e. The molecule has 0 amide bonds. The number of rotatable bonds is 6. The van der Waals surface area contributed by atoms with Gasteiger partial charge in [0.05, 0.1) is 12.0 Å². The van der Waals surface area contributed by atoms with Gasteiger partial charge in [-0.3, -0.25) is 9.78 Å².